The highest BCUT2D eigenvalue weighted by Crippen LogP contribution is 2.24. The van der Waals surface area contributed by atoms with Crippen molar-refractivity contribution in [1.82, 2.24) is 5.43 Å². The van der Waals surface area contributed by atoms with Crippen LogP contribution in [0, 0.1) is 0 Å². The van der Waals surface area contributed by atoms with E-state index in [0.717, 1.165) is 9.87 Å². The normalized spacial score (nSPS) is 11.3. The number of carbonyl (C=O) groups excluding carboxylic acids is 1. The van der Waals surface area contributed by atoms with Crippen molar-refractivity contribution in [1.29, 1.82) is 0 Å². The van der Waals surface area contributed by atoms with Gasteiger partial charge in [0.2, 0.25) is 0 Å². The zero-order valence-electron chi connectivity index (χ0n) is 20.0. The number of rotatable bonds is 10. The second-order valence-electron chi connectivity index (χ2n) is 8.04. The first kappa shape index (κ1) is 27.2. The van der Waals surface area contributed by atoms with Crippen molar-refractivity contribution >= 4 is 51.0 Å². The lowest BCUT2D eigenvalue weighted by molar-refractivity contribution is -0.119. The molecule has 38 heavy (non-hydrogen) atoms. The van der Waals surface area contributed by atoms with Gasteiger partial charge in [-0.2, -0.15) is 5.10 Å². The molecule has 0 spiro atoms. The highest BCUT2D eigenvalue weighted by molar-refractivity contribution is 7.92. The van der Waals surface area contributed by atoms with Crippen LogP contribution in [0.3, 0.4) is 0 Å². The molecule has 0 unspecified atom stereocenters. The van der Waals surface area contributed by atoms with Crippen molar-refractivity contribution in [2.75, 3.05) is 10.8 Å². The summed E-state index contributed by atoms with van der Waals surface area (Å²) in [5.41, 5.74) is 4.32. The quantitative estimate of drug-likeness (QED) is 0.190. The fourth-order valence-corrected chi connectivity index (χ4v) is 5.15. The Morgan fingerprint density at radius 3 is 2.21 bits per heavy atom. The van der Waals surface area contributed by atoms with Gasteiger partial charge in [0, 0.05) is 15.6 Å². The van der Waals surface area contributed by atoms with Crippen LogP contribution in [0.2, 0.25) is 10.0 Å². The second kappa shape index (κ2) is 12.6. The number of anilines is 1. The zero-order valence-corrected chi connectivity index (χ0v) is 22.3. The van der Waals surface area contributed by atoms with Gasteiger partial charge in [0.15, 0.2) is 0 Å². The lowest BCUT2D eigenvalue weighted by Gasteiger charge is -2.23. The van der Waals surface area contributed by atoms with E-state index in [1.165, 1.54) is 30.5 Å². The van der Waals surface area contributed by atoms with Crippen LogP contribution in [0.15, 0.2) is 113 Å². The molecule has 0 fully saturated rings. The van der Waals surface area contributed by atoms with E-state index in [2.05, 4.69) is 10.5 Å². The summed E-state index contributed by atoms with van der Waals surface area (Å²) in [6.07, 6.45) is 1.45. The number of hydrazone groups is 1. The van der Waals surface area contributed by atoms with Crippen molar-refractivity contribution in [2.45, 2.75) is 11.5 Å². The van der Waals surface area contributed by atoms with Gasteiger partial charge in [0.1, 0.15) is 18.9 Å². The number of nitrogens with zero attached hydrogens (tertiary/aromatic N) is 2. The van der Waals surface area contributed by atoms with Crippen LogP contribution in [0.4, 0.5) is 5.69 Å². The van der Waals surface area contributed by atoms with Gasteiger partial charge in [-0.1, -0.05) is 59.6 Å². The molecule has 1 amide bonds. The Balaban J connectivity index is 1.39. The minimum Gasteiger partial charge on any atom is -0.489 e. The third kappa shape index (κ3) is 7.13. The van der Waals surface area contributed by atoms with Crippen LogP contribution in [0.5, 0.6) is 5.75 Å². The number of halogens is 2. The first-order valence-corrected chi connectivity index (χ1v) is 13.6. The SMILES string of the molecule is O=C(CN(c1ccccc1)S(=O)(=O)c1ccc(Cl)cc1)N/N=C\c1ccc(OCc2ccccc2Cl)cc1. The van der Waals surface area contributed by atoms with Crippen molar-refractivity contribution in [2.24, 2.45) is 5.10 Å². The molecule has 0 atom stereocenters. The summed E-state index contributed by atoms with van der Waals surface area (Å²) in [7, 11) is -4.04. The average molecular weight is 568 g/mol. The molecular formula is C28H23Cl2N3O4S. The zero-order chi connectivity index (χ0) is 27.0. The number of amides is 1. The first-order chi connectivity index (χ1) is 18.3. The molecule has 0 aromatic heterocycles. The van der Waals surface area contributed by atoms with Crippen LogP contribution in [0.1, 0.15) is 11.1 Å². The number of nitrogens with one attached hydrogen (secondary N) is 1. The van der Waals surface area contributed by atoms with E-state index in [1.54, 1.807) is 60.7 Å². The maximum absolute atomic E-state index is 13.3. The number of para-hydroxylation sites is 1. The number of hydrogen-bond donors (Lipinski definition) is 1. The van der Waals surface area contributed by atoms with E-state index in [-0.39, 0.29) is 4.90 Å². The summed E-state index contributed by atoms with van der Waals surface area (Å²) in [5, 5.41) is 5.01. The minimum atomic E-state index is -4.04. The molecule has 0 saturated heterocycles. The third-order valence-corrected chi connectivity index (χ3v) is 7.78. The van der Waals surface area contributed by atoms with E-state index in [0.29, 0.717) is 33.7 Å². The highest BCUT2D eigenvalue weighted by Gasteiger charge is 2.27. The summed E-state index contributed by atoms with van der Waals surface area (Å²) in [6.45, 7) is -0.138. The standard InChI is InChI=1S/C28H23Cl2N3O4S/c29-23-12-16-26(17-13-23)38(35,36)33(24-7-2-1-3-8-24)19-28(34)32-31-18-21-10-14-25(15-11-21)37-20-22-6-4-5-9-27(22)30/h1-18H,19-20H2,(H,32,34)/b31-18-. The van der Waals surface area contributed by atoms with Crippen LogP contribution < -0.4 is 14.5 Å². The van der Waals surface area contributed by atoms with E-state index < -0.39 is 22.5 Å². The lowest BCUT2D eigenvalue weighted by Crippen LogP contribution is -2.39. The second-order valence-corrected chi connectivity index (χ2v) is 10.7. The highest BCUT2D eigenvalue weighted by atomic mass is 35.5. The summed E-state index contributed by atoms with van der Waals surface area (Å²) in [5.74, 6) is 0.0411. The van der Waals surface area contributed by atoms with Gasteiger partial charge < -0.3 is 4.74 Å². The Kier molecular flexibility index (Phi) is 9.02. The van der Waals surface area contributed by atoms with Crippen molar-refractivity contribution in [3.8, 4) is 5.75 Å². The molecule has 0 bridgehead atoms. The van der Waals surface area contributed by atoms with E-state index >= 15 is 0 Å². The Morgan fingerprint density at radius 1 is 0.868 bits per heavy atom. The maximum Gasteiger partial charge on any atom is 0.264 e. The van der Waals surface area contributed by atoms with E-state index in [4.69, 9.17) is 27.9 Å². The molecule has 0 heterocycles. The molecule has 0 aliphatic rings. The fraction of sp³-hybridized carbons (Fsp3) is 0.0714. The maximum atomic E-state index is 13.3. The minimum absolute atomic E-state index is 0.0129. The Bertz CT molecular complexity index is 1510. The monoisotopic (exact) mass is 567 g/mol. The van der Waals surface area contributed by atoms with Gasteiger partial charge in [-0.25, -0.2) is 13.8 Å². The molecule has 10 heteroatoms. The molecule has 0 saturated carbocycles. The molecule has 194 valence electrons. The van der Waals surface area contributed by atoms with Crippen LogP contribution in [0.25, 0.3) is 0 Å². The molecule has 0 aliphatic carbocycles. The van der Waals surface area contributed by atoms with Crippen molar-refractivity contribution in [3.63, 3.8) is 0 Å². The van der Waals surface area contributed by atoms with Gasteiger partial charge in [0.05, 0.1) is 16.8 Å². The Labute approximate surface area is 231 Å². The summed E-state index contributed by atoms with van der Waals surface area (Å²) in [4.78, 5) is 12.7. The predicted molar refractivity (Wildman–Crippen MR) is 150 cm³/mol. The fourth-order valence-electron chi connectivity index (χ4n) is 3.41. The number of ether oxygens (including phenoxy) is 1. The lowest BCUT2D eigenvalue weighted by atomic mass is 10.2. The van der Waals surface area contributed by atoms with Gasteiger partial charge in [-0.15, -0.1) is 0 Å². The van der Waals surface area contributed by atoms with E-state index in [9.17, 15) is 13.2 Å². The number of hydrogen-bond acceptors (Lipinski definition) is 5. The van der Waals surface area contributed by atoms with Crippen molar-refractivity contribution in [3.05, 3.63) is 124 Å². The smallest absolute Gasteiger partial charge is 0.264 e. The molecular weight excluding hydrogens is 545 g/mol. The molecule has 4 aromatic carbocycles. The van der Waals surface area contributed by atoms with Crippen LogP contribution in [-0.2, 0) is 21.4 Å². The molecule has 0 radical (unpaired) electrons. The Morgan fingerprint density at radius 2 is 1.53 bits per heavy atom. The Hall–Kier alpha value is -3.85. The van der Waals surface area contributed by atoms with Gasteiger partial charge in [-0.3, -0.25) is 9.10 Å². The molecule has 0 aliphatic heterocycles. The molecule has 7 nitrogen and oxygen atoms in total. The molecule has 4 aromatic rings. The summed E-state index contributed by atoms with van der Waals surface area (Å²) in [6, 6.07) is 28.7. The van der Waals surface area contributed by atoms with Gasteiger partial charge in [0.25, 0.3) is 15.9 Å². The number of benzene rings is 4. The van der Waals surface area contributed by atoms with Crippen LogP contribution in [-0.4, -0.2) is 27.1 Å². The van der Waals surface area contributed by atoms with Crippen molar-refractivity contribution < 1.29 is 17.9 Å². The van der Waals surface area contributed by atoms with Crippen LogP contribution >= 0.6 is 23.2 Å². The van der Waals surface area contributed by atoms with Gasteiger partial charge in [-0.05, 0) is 72.3 Å². The molecule has 1 N–H and O–H groups in total. The van der Waals surface area contributed by atoms with E-state index in [1.807, 2.05) is 18.2 Å². The van der Waals surface area contributed by atoms with Gasteiger partial charge >= 0.3 is 0 Å². The molecule has 4 rings (SSSR count). The number of sulfonamides is 1. The summed E-state index contributed by atoms with van der Waals surface area (Å²) >= 11 is 12.1. The summed E-state index contributed by atoms with van der Waals surface area (Å²) < 4.78 is 33.4. The first-order valence-electron chi connectivity index (χ1n) is 11.4. The third-order valence-electron chi connectivity index (χ3n) is 5.37. The predicted octanol–water partition coefficient (Wildman–Crippen LogP) is 5.92. The number of carbonyl (C=O) groups is 1. The topological polar surface area (TPSA) is 88.1 Å². The average Bonchev–Trinajstić information content (AvgIpc) is 2.93. The largest absolute Gasteiger partial charge is 0.489 e.